The van der Waals surface area contributed by atoms with Crippen LogP contribution in [0.5, 0.6) is 5.75 Å². The molecule has 0 bridgehead atoms. The molecular formula is C12H10F3NO3. The first-order chi connectivity index (χ1) is 8.79. The van der Waals surface area contributed by atoms with Gasteiger partial charge in [-0.1, -0.05) is 6.92 Å². The van der Waals surface area contributed by atoms with Crippen molar-refractivity contribution < 1.29 is 27.8 Å². The first-order valence-corrected chi connectivity index (χ1v) is 5.30. The second kappa shape index (κ2) is 5.61. The zero-order valence-corrected chi connectivity index (χ0v) is 9.86. The summed E-state index contributed by atoms with van der Waals surface area (Å²) in [5, 5.41) is 17.4. The van der Waals surface area contributed by atoms with Crippen LogP contribution in [-0.4, -0.2) is 17.2 Å². The molecule has 1 atom stereocenters. The second-order valence-electron chi connectivity index (χ2n) is 3.67. The van der Waals surface area contributed by atoms with Crippen molar-refractivity contribution in [2.45, 2.75) is 25.6 Å². The number of carboxylic acid groups (broad SMARTS) is 1. The summed E-state index contributed by atoms with van der Waals surface area (Å²) in [5.41, 5.74) is -1.34. The molecule has 0 aliphatic rings. The lowest BCUT2D eigenvalue weighted by Gasteiger charge is -2.17. The molecule has 19 heavy (non-hydrogen) atoms. The Bertz CT molecular complexity index is 520. The van der Waals surface area contributed by atoms with E-state index in [1.54, 1.807) is 6.07 Å². The van der Waals surface area contributed by atoms with Crippen LogP contribution in [0.2, 0.25) is 0 Å². The smallest absolute Gasteiger partial charge is 0.420 e. The molecule has 0 saturated heterocycles. The van der Waals surface area contributed by atoms with E-state index in [1.165, 1.54) is 6.92 Å². The molecule has 4 nitrogen and oxygen atoms in total. The fourth-order valence-corrected chi connectivity index (χ4v) is 1.39. The zero-order valence-electron chi connectivity index (χ0n) is 9.86. The predicted molar refractivity (Wildman–Crippen MR) is 58.5 cm³/mol. The summed E-state index contributed by atoms with van der Waals surface area (Å²) < 4.78 is 43.2. The molecule has 0 heterocycles. The van der Waals surface area contributed by atoms with Gasteiger partial charge in [0.2, 0.25) is 0 Å². The predicted octanol–water partition coefficient (Wildman–Crippen LogP) is 2.82. The molecule has 1 rings (SSSR count). The van der Waals surface area contributed by atoms with Crippen LogP contribution in [0, 0.1) is 11.3 Å². The van der Waals surface area contributed by atoms with Crippen molar-refractivity contribution in [1.29, 1.82) is 5.26 Å². The summed E-state index contributed by atoms with van der Waals surface area (Å²) in [5.74, 6) is -1.94. The van der Waals surface area contributed by atoms with Gasteiger partial charge >= 0.3 is 12.1 Å². The fraction of sp³-hybridized carbons (Fsp3) is 0.333. The van der Waals surface area contributed by atoms with Crippen LogP contribution in [0.25, 0.3) is 0 Å². The molecule has 0 aliphatic heterocycles. The maximum atomic E-state index is 12.8. The van der Waals surface area contributed by atoms with E-state index in [-0.39, 0.29) is 12.0 Å². The first-order valence-electron chi connectivity index (χ1n) is 5.30. The number of ether oxygens (including phenoxy) is 1. The van der Waals surface area contributed by atoms with E-state index >= 15 is 0 Å². The topological polar surface area (TPSA) is 70.3 Å². The van der Waals surface area contributed by atoms with E-state index in [2.05, 4.69) is 0 Å². The maximum absolute atomic E-state index is 12.8. The number of carboxylic acids is 1. The molecular weight excluding hydrogens is 263 g/mol. The number of hydrogen-bond donors (Lipinski definition) is 1. The molecule has 1 aromatic rings. The highest BCUT2D eigenvalue weighted by molar-refractivity contribution is 5.72. The Morgan fingerprint density at radius 2 is 2.16 bits per heavy atom. The Kier molecular flexibility index (Phi) is 4.38. The summed E-state index contributed by atoms with van der Waals surface area (Å²) in [6, 6.07) is 4.30. The molecule has 0 saturated carbocycles. The van der Waals surface area contributed by atoms with Gasteiger partial charge in [-0.05, 0) is 24.6 Å². The fourth-order valence-electron chi connectivity index (χ4n) is 1.39. The lowest BCUT2D eigenvalue weighted by atomic mass is 10.1. The SMILES string of the molecule is CCC(Oc1ccc(C#N)cc1C(F)(F)F)C(=O)O. The molecule has 1 aromatic carbocycles. The Hall–Kier alpha value is -2.23. The Labute approximate surface area is 107 Å². The molecule has 7 heteroatoms. The number of carbonyl (C=O) groups is 1. The van der Waals surface area contributed by atoms with E-state index < -0.39 is 29.6 Å². The third-order valence-corrected chi connectivity index (χ3v) is 2.33. The van der Waals surface area contributed by atoms with Gasteiger partial charge in [0.1, 0.15) is 5.75 Å². The van der Waals surface area contributed by atoms with Crippen LogP contribution < -0.4 is 4.74 Å². The summed E-state index contributed by atoms with van der Waals surface area (Å²) in [6.07, 6.45) is -6.07. The number of alkyl halides is 3. The number of rotatable bonds is 4. The number of nitrogens with zero attached hydrogens (tertiary/aromatic N) is 1. The van der Waals surface area contributed by atoms with Crippen LogP contribution in [0.4, 0.5) is 13.2 Å². The number of aliphatic carboxylic acids is 1. The molecule has 102 valence electrons. The second-order valence-corrected chi connectivity index (χ2v) is 3.67. The first kappa shape index (κ1) is 14.8. The van der Waals surface area contributed by atoms with Gasteiger partial charge in [0, 0.05) is 0 Å². The highest BCUT2D eigenvalue weighted by Gasteiger charge is 2.35. The van der Waals surface area contributed by atoms with Crippen LogP contribution in [0.1, 0.15) is 24.5 Å². The van der Waals surface area contributed by atoms with E-state index in [0.717, 1.165) is 12.1 Å². The molecule has 0 aliphatic carbocycles. The van der Waals surface area contributed by atoms with Gasteiger partial charge in [-0.25, -0.2) is 4.79 Å². The average Bonchev–Trinajstić information content (AvgIpc) is 2.34. The Balaban J connectivity index is 3.21. The Morgan fingerprint density at radius 3 is 2.58 bits per heavy atom. The van der Waals surface area contributed by atoms with Crippen molar-refractivity contribution >= 4 is 5.97 Å². The van der Waals surface area contributed by atoms with Crippen molar-refractivity contribution in [3.05, 3.63) is 29.3 Å². The summed E-state index contributed by atoms with van der Waals surface area (Å²) >= 11 is 0. The van der Waals surface area contributed by atoms with Crippen molar-refractivity contribution in [2.75, 3.05) is 0 Å². The Morgan fingerprint density at radius 1 is 1.53 bits per heavy atom. The van der Waals surface area contributed by atoms with Crippen LogP contribution in [0.15, 0.2) is 18.2 Å². The van der Waals surface area contributed by atoms with Crippen molar-refractivity contribution in [3.63, 3.8) is 0 Å². The molecule has 0 amide bonds. The summed E-state index contributed by atoms with van der Waals surface area (Å²) in [6.45, 7) is 1.48. The summed E-state index contributed by atoms with van der Waals surface area (Å²) in [4.78, 5) is 10.8. The lowest BCUT2D eigenvalue weighted by molar-refractivity contribution is -0.148. The molecule has 0 spiro atoms. The van der Waals surface area contributed by atoms with Crippen molar-refractivity contribution in [2.24, 2.45) is 0 Å². The molecule has 1 N–H and O–H groups in total. The van der Waals surface area contributed by atoms with Gasteiger partial charge in [0.05, 0.1) is 17.2 Å². The minimum atomic E-state index is -4.72. The van der Waals surface area contributed by atoms with Crippen LogP contribution in [-0.2, 0) is 11.0 Å². The van der Waals surface area contributed by atoms with Gasteiger partial charge < -0.3 is 9.84 Å². The number of hydrogen-bond acceptors (Lipinski definition) is 3. The summed E-state index contributed by atoms with van der Waals surface area (Å²) in [7, 11) is 0. The standard InChI is InChI=1S/C12H10F3NO3/c1-2-9(11(17)18)19-10-4-3-7(6-16)5-8(10)12(13,14)15/h3-5,9H,2H2,1H3,(H,17,18). The van der Waals surface area contributed by atoms with Gasteiger partial charge in [-0.15, -0.1) is 0 Å². The monoisotopic (exact) mass is 273 g/mol. The van der Waals surface area contributed by atoms with E-state index in [9.17, 15) is 18.0 Å². The van der Waals surface area contributed by atoms with Gasteiger partial charge in [0.25, 0.3) is 0 Å². The third-order valence-electron chi connectivity index (χ3n) is 2.33. The normalized spacial score (nSPS) is 12.6. The molecule has 0 fully saturated rings. The minimum Gasteiger partial charge on any atom is -0.479 e. The quantitative estimate of drug-likeness (QED) is 0.915. The van der Waals surface area contributed by atoms with Gasteiger partial charge in [-0.3, -0.25) is 0 Å². The van der Waals surface area contributed by atoms with E-state index in [4.69, 9.17) is 15.1 Å². The van der Waals surface area contributed by atoms with E-state index in [0.29, 0.717) is 6.07 Å². The molecule has 0 aromatic heterocycles. The van der Waals surface area contributed by atoms with Crippen molar-refractivity contribution in [1.82, 2.24) is 0 Å². The largest absolute Gasteiger partial charge is 0.479 e. The van der Waals surface area contributed by atoms with E-state index in [1.807, 2.05) is 0 Å². The average molecular weight is 273 g/mol. The molecule has 0 radical (unpaired) electrons. The highest BCUT2D eigenvalue weighted by Crippen LogP contribution is 2.37. The maximum Gasteiger partial charge on any atom is 0.420 e. The van der Waals surface area contributed by atoms with Crippen molar-refractivity contribution in [3.8, 4) is 11.8 Å². The van der Waals surface area contributed by atoms with Crippen LogP contribution >= 0.6 is 0 Å². The van der Waals surface area contributed by atoms with Gasteiger partial charge in [0.15, 0.2) is 6.10 Å². The highest BCUT2D eigenvalue weighted by atomic mass is 19.4. The molecule has 1 unspecified atom stereocenters. The number of benzene rings is 1. The number of halogens is 3. The lowest BCUT2D eigenvalue weighted by Crippen LogP contribution is -2.27. The van der Waals surface area contributed by atoms with Gasteiger partial charge in [-0.2, -0.15) is 18.4 Å². The third kappa shape index (κ3) is 3.61. The van der Waals surface area contributed by atoms with Crippen LogP contribution in [0.3, 0.4) is 0 Å². The number of nitriles is 1. The minimum absolute atomic E-state index is 0.0205. The zero-order chi connectivity index (χ0) is 14.6.